The van der Waals surface area contributed by atoms with Gasteiger partial charge in [0.1, 0.15) is 5.75 Å². The van der Waals surface area contributed by atoms with Gasteiger partial charge in [-0.15, -0.1) is 0 Å². The third-order valence-electron chi connectivity index (χ3n) is 3.35. The van der Waals surface area contributed by atoms with Crippen LogP contribution >= 0.6 is 0 Å². The minimum Gasteiger partial charge on any atom is -0.496 e. The molecule has 0 amide bonds. The van der Waals surface area contributed by atoms with E-state index in [1.165, 1.54) is 11.1 Å². The molecule has 1 saturated heterocycles. The molecule has 16 heavy (non-hydrogen) atoms. The molecule has 2 rings (SSSR count). The molecule has 0 unspecified atom stereocenters. The van der Waals surface area contributed by atoms with Crippen LogP contribution in [0.2, 0.25) is 0 Å². The molecular weight excluding hydrogens is 198 g/mol. The zero-order valence-electron chi connectivity index (χ0n) is 10.4. The van der Waals surface area contributed by atoms with Gasteiger partial charge in [-0.1, -0.05) is 26.0 Å². The fourth-order valence-corrected chi connectivity index (χ4v) is 2.12. The van der Waals surface area contributed by atoms with Crippen molar-refractivity contribution in [3.05, 3.63) is 29.3 Å². The van der Waals surface area contributed by atoms with Crippen LogP contribution in [-0.4, -0.2) is 20.2 Å². The zero-order valence-corrected chi connectivity index (χ0v) is 10.4. The smallest absolute Gasteiger partial charge is 0.122 e. The molecule has 2 nitrogen and oxygen atoms in total. The Kier molecular flexibility index (Phi) is 3.49. The van der Waals surface area contributed by atoms with E-state index in [1.54, 1.807) is 7.11 Å². The van der Waals surface area contributed by atoms with E-state index in [0.717, 1.165) is 31.2 Å². The van der Waals surface area contributed by atoms with Crippen LogP contribution in [-0.2, 0) is 6.42 Å². The lowest BCUT2D eigenvalue weighted by atomic mass is 9.91. The molecule has 1 aromatic rings. The fraction of sp³-hybridized carbons (Fsp3) is 0.571. The highest BCUT2D eigenvalue weighted by atomic mass is 16.5. The van der Waals surface area contributed by atoms with Crippen LogP contribution in [0.3, 0.4) is 0 Å². The molecule has 0 bridgehead atoms. The van der Waals surface area contributed by atoms with Crippen molar-refractivity contribution in [1.82, 2.24) is 5.32 Å². The maximum atomic E-state index is 5.43. The molecule has 0 spiro atoms. The van der Waals surface area contributed by atoms with Gasteiger partial charge in [0.05, 0.1) is 7.11 Å². The molecule has 2 heteroatoms. The van der Waals surface area contributed by atoms with Crippen LogP contribution in [0.4, 0.5) is 0 Å². The molecule has 88 valence electrons. The summed E-state index contributed by atoms with van der Waals surface area (Å²) in [6, 6.07) is 6.59. The minimum atomic E-state index is 0.587. The van der Waals surface area contributed by atoms with Crippen LogP contribution in [0.25, 0.3) is 0 Å². The summed E-state index contributed by atoms with van der Waals surface area (Å²) in [6.07, 6.45) is 1.14. The maximum Gasteiger partial charge on any atom is 0.122 e. The second-order valence-corrected chi connectivity index (χ2v) is 4.95. The van der Waals surface area contributed by atoms with Gasteiger partial charge in [0.2, 0.25) is 0 Å². The standard InChI is InChI=1S/C14H21NO/c1-10(2)12-4-5-14(16-3)13(7-12)6-11-8-15-9-11/h4-5,7,10-11,15H,6,8-9H2,1-3H3. The highest BCUT2D eigenvalue weighted by molar-refractivity contribution is 5.38. The Labute approximate surface area is 98.0 Å². The molecule has 1 fully saturated rings. The molecule has 0 atom stereocenters. The van der Waals surface area contributed by atoms with E-state index >= 15 is 0 Å². The number of benzene rings is 1. The van der Waals surface area contributed by atoms with E-state index in [9.17, 15) is 0 Å². The van der Waals surface area contributed by atoms with Crippen LogP contribution < -0.4 is 10.1 Å². The van der Waals surface area contributed by atoms with Gasteiger partial charge in [-0.05, 0) is 48.5 Å². The molecule has 1 N–H and O–H groups in total. The Balaban J connectivity index is 2.20. The predicted octanol–water partition coefficient (Wildman–Crippen LogP) is 2.58. The highest BCUT2D eigenvalue weighted by Gasteiger charge is 2.19. The normalized spacial score (nSPS) is 16.2. The average molecular weight is 219 g/mol. The van der Waals surface area contributed by atoms with Gasteiger partial charge in [0.15, 0.2) is 0 Å². The number of rotatable bonds is 4. The Morgan fingerprint density at radius 2 is 2.12 bits per heavy atom. The maximum absolute atomic E-state index is 5.43. The van der Waals surface area contributed by atoms with Crippen LogP contribution in [0.15, 0.2) is 18.2 Å². The second-order valence-electron chi connectivity index (χ2n) is 4.95. The van der Waals surface area contributed by atoms with E-state index in [2.05, 4.69) is 37.4 Å². The number of hydrogen-bond donors (Lipinski definition) is 1. The van der Waals surface area contributed by atoms with Crippen molar-refractivity contribution < 1.29 is 4.74 Å². The summed E-state index contributed by atoms with van der Waals surface area (Å²) in [7, 11) is 1.76. The van der Waals surface area contributed by atoms with E-state index in [1.807, 2.05) is 0 Å². The van der Waals surface area contributed by atoms with Crippen molar-refractivity contribution in [1.29, 1.82) is 0 Å². The third kappa shape index (κ3) is 2.38. The van der Waals surface area contributed by atoms with Crippen molar-refractivity contribution >= 4 is 0 Å². The van der Waals surface area contributed by atoms with Crippen LogP contribution in [0, 0.1) is 5.92 Å². The summed E-state index contributed by atoms with van der Waals surface area (Å²) in [5.41, 5.74) is 2.77. The second kappa shape index (κ2) is 4.88. The summed E-state index contributed by atoms with van der Waals surface area (Å²) in [6.45, 7) is 6.76. The van der Waals surface area contributed by atoms with Gasteiger partial charge < -0.3 is 10.1 Å². The lowest BCUT2D eigenvalue weighted by Crippen LogP contribution is -2.43. The number of methoxy groups -OCH3 is 1. The van der Waals surface area contributed by atoms with Gasteiger partial charge in [-0.3, -0.25) is 0 Å². The highest BCUT2D eigenvalue weighted by Crippen LogP contribution is 2.27. The average Bonchev–Trinajstić information content (AvgIpc) is 2.23. The summed E-state index contributed by atoms with van der Waals surface area (Å²) >= 11 is 0. The Bertz CT molecular complexity index is 356. The van der Waals surface area contributed by atoms with Gasteiger partial charge in [0.25, 0.3) is 0 Å². The number of hydrogen-bond acceptors (Lipinski definition) is 2. The molecular formula is C14H21NO. The quantitative estimate of drug-likeness (QED) is 0.840. The topological polar surface area (TPSA) is 21.3 Å². The zero-order chi connectivity index (χ0) is 11.5. The van der Waals surface area contributed by atoms with Crippen molar-refractivity contribution in [2.45, 2.75) is 26.2 Å². The molecule has 1 aromatic carbocycles. The molecule has 1 aliphatic heterocycles. The van der Waals surface area contributed by atoms with Crippen LogP contribution in [0.1, 0.15) is 30.9 Å². The SMILES string of the molecule is COc1ccc(C(C)C)cc1CC1CNC1. The monoisotopic (exact) mass is 219 g/mol. The van der Waals surface area contributed by atoms with E-state index < -0.39 is 0 Å². The Morgan fingerprint density at radius 1 is 1.38 bits per heavy atom. The lowest BCUT2D eigenvalue weighted by Gasteiger charge is -2.28. The first-order chi connectivity index (χ1) is 7.70. The van der Waals surface area contributed by atoms with E-state index in [-0.39, 0.29) is 0 Å². The Hall–Kier alpha value is -1.02. The first kappa shape index (κ1) is 11.5. The molecule has 1 aliphatic rings. The van der Waals surface area contributed by atoms with Gasteiger partial charge in [-0.2, -0.15) is 0 Å². The van der Waals surface area contributed by atoms with E-state index in [4.69, 9.17) is 4.74 Å². The first-order valence-electron chi connectivity index (χ1n) is 6.08. The third-order valence-corrected chi connectivity index (χ3v) is 3.35. The van der Waals surface area contributed by atoms with Crippen molar-refractivity contribution in [3.8, 4) is 5.75 Å². The molecule has 0 aliphatic carbocycles. The largest absolute Gasteiger partial charge is 0.496 e. The summed E-state index contributed by atoms with van der Waals surface area (Å²) < 4.78 is 5.43. The summed E-state index contributed by atoms with van der Waals surface area (Å²) in [5, 5.41) is 3.32. The molecule has 1 heterocycles. The number of nitrogens with one attached hydrogen (secondary N) is 1. The van der Waals surface area contributed by atoms with Crippen molar-refractivity contribution in [2.75, 3.05) is 20.2 Å². The van der Waals surface area contributed by atoms with Gasteiger partial charge in [-0.25, -0.2) is 0 Å². The molecule has 0 radical (unpaired) electrons. The van der Waals surface area contributed by atoms with Crippen molar-refractivity contribution in [2.24, 2.45) is 5.92 Å². The Morgan fingerprint density at radius 3 is 2.62 bits per heavy atom. The lowest BCUT2D eigenvalue weighted by molar-refractivity contribution is 0.338. The molecule has 0 aromatic heterocycles. The fourth-order valence-electron chi connectivity index (χ4n) is 2.12. The summed E-state index contributed by atoms with van der Waals surface area (Å²) in [4.78, 5) is 0. The minimum absolute atomic E-state index is 0.587. The van der Waals surface area contributed by atoms with Gasteiger partial charge in [0, 0.05) is 0 Å². The van der Waals surface area contributed by atoms with Crippen LogP contribution in [0.5, 0.6) is 5.75 Å². The number of ether oxygens (including phenoxy) is 1. The van der Waals surface area contributed by atoms with Gasteiger partial charge >= 0.3 is 0 Å². The summed E-state index contributed by atoms with van der Waals surface area (Å²) in [5.74, 6) is 2.41. The van der Waals surface area contributed by atoms with Crippen molar-refractivity contribution in [3.63, 3.8) is 0 Å². The molecule has 0 saturated carbocycles. The predicted molar refractivity (Wildman–Crippen MR) is 67.1 cm³/mol. The first-order valence-corrected chi connectivity index (χ1v) is 6.08. The van der Waals surface area contributed by atoms with E-state index in [0.29, 0.717) is 5.92 Å².